The van der Waals surface area contributed by atoms with Crippen LogP contribution in [0.4, 0.5) is 25.1 Å². The molecule has 0 unspecified atom stereocenters. The smallest absolute Gasteiger partial charge is 0.307 e. The summed E-state index contributed by atoms with van der Waals surface area (Å²) in [6, 6.07) is 5.48. The van der Waals surface area contributed by atoms with E-state index in [0.29, 0.717) is 5.56 Å². The van der Waals surface area contributed by atoms with E-state index >= 15 is 0 Å². The third kappa shape index (κ3) is 2.28. The average molecular weight is 314 g/mol. The highest BCUT2D eigenvalue weighted by molar-refractivity contribution is 6.09. The Hall–Kier alpha value is -3.01. The van der Waals surface area contributed by atoms with Crippen molar-refractivity contribution in [3.63, 3.8) is 0 Å². The third-order valence-corrected chi connectivity index (χ3v) is 3.58. The number of urea groups is 1. The molecule has 0 saturated carbocycles. The number of hydrogen-bond donors (Lipinski definition) is 1. The monoisotopic (exact) mass is 314 g/mol. The van der Waals surface area contributed by atoms with Gasteiger partial charge < -0.3 is 5.32 Å². The summed E-state index contributed by atoms with van der Waals surface area (Å²) in [6.07, 6.45) is 0.755. The van der Waals surface area contributed by atoms with Gasteiger partial charge in [-0.1, -0.05) is 6.07 Å². The molecule has 0 bridgehead atoms. The molecule has 1 aromatic heterocycles. The number of aromatic nitrogens is 1. The number of halogens is 2. The molecule has 0 atom stereocenters. The standard InChI is InChI=1S/C16H12F2N4O/c1-8(2)22-15-13(14(18)11(17)7-20-15)10-4-3-9(6-19)5-12(10)21-16(22)23/h3-5,7-8H,1-2H3,(H,21,23). The minimum Gasteiger partial charge on any atom is -0.307 e. The second kappa shape index (κ2) is 5.32. The van der Waals surface area contributed by atoms with Crippen molar-refractivity contribution < 1.29 is 13.6 Å². The maximum absolute atomic E-state index is 14.4. The maximum atomic E-state index is 14.4. The molecule has 23 heavy (non-hydrogen) atoms. The van der Waals surface area contributed by atoms with E-state index in [0.717, 1.165) is 6.20 Å². The van der Waals surface area contributed by atoms with Crippen LogP contribution in [-0.4, -0.2) is 17.1 Å². The Kier molecular flexibility index (Phi) is 3.45. The number of carbonyl (C=O) groups is 1. The van der Waals surface area contributed by atoms with Crippen molar-refractivity contribution in [1.82, 2.24) is 4.98 Å². The molecule has 1 aromatic carbocycles. The Morgan fingerprint density at radius 2 is 2.09 bits per heavy atom. The first kappa shape index (κ1) is 14.9. The molecule has 0 fully saturated rings. The zero-order valence-electron chi connectivity index (χ0n) is 12.4. The van der Waals surface area contributed by atoms with Gasteiger partial charge >= 0.3 is 6.03 Å². The largest absolute Gasteiger partial charge is 0.327 e. The van der Waals surface area contributed by atoms with Crippen LogP contribution in [0.15, 0.2) is 24.4 Å². The molecular weight excluding hydrogens is 302 g/mol. The first-order valence-electron chi connectivity index (χ1n) is 6.92. The molecule has 0 spiro atoms. The number of nitrogens with zero attached hydrogens (tertiary/aromatic N) is 3. The van der Waals surface area contributed by atoms with Gasteiger partial charge in [0.05, 0.1) is 29.1 Å². The maximum Gasteiger partial charge on any atom is 0.327 e. The Bertz CT molecular complexity index is 858. The molecule has 7 heteroatoms. The van der Waals surface area contributed by atoms with Crippen LogP contribution < -0.4 is 10.2 Å². The molecule has 1 aliphatic heterocycles. The van der Waals surface area contributed by atoms with Gasteiger partial charge in [0.15, 0.2) is 11.6 Å². The van der Waals surface area contributed by atoms with Crippen LogP contribution in [0.2, 0.25) is 0 Å². The summed E-state index contributed by atoms with van der Waals surface area (Å²) in [6.45, 7) is 3.48. The fourth-order valence-electron chi connectivity index (χ4n) is 2.56. The third-order valence-electron chi connectivity index (χ3n) is 3.58. The van der Waals surface area contributed by atoms with Gasteiger partial charge in [-0.15, -0.1) is 0 Å². The number of carbonyl (C=O) groups excluding carboxylic acids is 1. The minimum atomic E-state index is -1.10. The molecule has 1 aliphatic rings. The molecule has 116 valence electrons. The molecule has 0 radical (unpaired) electrons. The lowest BCUT2D eigenvalue weighted by atomic mass is 10.0. The lowest BCUT2D eigenvalue weighted by Crippen LogP contribution is -2.40. The first-order chi connectivity index (χ1) is 10.9. The summed E-state index contributed by atoms with van der Waals surface area (Å²) in [7, 11) is 0. The lowest BCUT2D eigenvalue weighted by Gasteiger charge is -2.25. The fourth-order valence-corrected chi connectivity index (χ4v) is 2.56. The molecule has 0 saturated heterocycles. The van der Waals surface area contributed by atoms with Gasteiger partial charge in [0, 0.05) is 11.6 Å². The van der Waals surface area contributed by atoms with Crippen molar-refractivity contribution >= 4 is 17.5 Å². The molecule has 3 rings (SSSR count). The molecular formula is C16H12F2N4O. The van der Waals surface area contributed by atoms with E-state index in [-0.39, 0.29) is 28.7 Å². The summed E-state index contributed by atoms with van der Waals surface area (Å²) >= 11 is 0. The molecule has 1 N–H and O–H groups in total. The van der Waals surface area contributed by atoms with E-state index in [1.54, 1.807) is 13.8 Å². The number of hydrogen-bond acceptors (Lipinski definition) is 3. The quantitative estimate of drug-likeness (QED) is 0.873. The number of nitriles is 1. The van der Waals surface area contributed by atoms with Crippen LogP contribution in [0.25, 0.3) is 11.1 Å². The molecule has 2 heterocycles. The van der Waals surface area contributed by atoms with E-state index in [4.69, 9.17) is 5.26 Å². The molecule has 0 aliphatic carbocycles. The zero-order valence-corrected chi connectivity index (χ0v) is 12.4. The Labute approximate surface area is 131 Å². The van der Waals surface area contributed by atoms with Gasteiger partial charge in [-0.05, 0) is 26.0 Å². The first-order valence-corrected chi connectivity index (χ1v) is 6.92. The van der Waals surface area contributed by atoms with E-state index in [9.17, 15) is 13.6 Å². The molecule has 2 aromatic rings. The number of fused-ring (bicyclic) bond motifs is 3. The van der Waals surface area contributed by atoms with Crippen molar-refractivity contribution in [3.05, 3.63) is 41.6 Å². The SMILES string of the molecule is CC(C)N1C(=O)Nc2cc(C#N)ccc2-c2c1ncc(F)c2F. The van der Waals surface area contributed by atoms with Gasteiger partial charge in [-0.25, -0.2) is 18.6 Å². The number of pyridine rings is 1. The Balaban J connectivity index is 2.38. The second-order valence-corrected chi connectivity index (χ2v) is 5.38. The lowest BCUT2D eigenvalue weighted by molar-refractivity contribution is 0.255. The highest BCUT2D eigenvalue weighted by Gasteiger charge is 2.32. The van der Waals surface area contributed by atoms with Crippen molar-refractivity contribution in [1.29, 1.82) is 5.26 Å². The summed E-state index contributed by atoms with van der Waals surface area (Å²) < 4.78 is 28.1. The highest BCUT2D eigenvalue weighted by Crippen LogP contribution is 2.40. The number of nitrogens with one attached hydrogen (secondary N) is 1. The predicted molar refractivity (Wildman–Crippen MR) is 80.9 cm³/mol. The van der Waals surface area contributed by atoms with E-state index < -0.39 is 17.7 Å². The summed E-state index contributed by atoms with van der Waals surface area (Å²) in [5, 5.41) is 11.6. The number of amides is 2. The summed E-state index contributed by atoms with van der Waals surface area (Å²) in [4.78, 5) is 17.6. The predicted octanol–water partition coefficient (Wildman–Crippen LogP) is 3.66. The van der Waals surface area contributed by atoms with Crippen molar-refractivity contribution in [3.8, 4) is 17.2 Å². The van der Waals surface area contributed by atoms with Crippen molar-refractivity contribution in [2.45, 2.75) is 19.9 Å². The van der Waals surface area contributed by atoms with Gasteiger partial charge in [0.1, 0.15) is 5.82 Å². The van der Waals surface area contributed by atoms with Gasteiger partial charge in [-0.3, -0.25) is 4.90 Å². The highest BCUT2D eigenvalue weighted by atomic mass is 19.2. The topological polar surface area (TPSA) is 69.0 Å². The Morgan fingerprint density at radius 1 is 1.35 bits per heavy atom. The van der Waals surface area contributed by atoms with Gasteiger partial charge in [0.25, 0.3) is 0 Å². The minimum absolute atomic E-state index is 0.0415. The summed E-state index contributed by atoms with van der Waals surface area (Å²) in [5.41, 5.74) is 0.717. The second-order valence-electron chi connectivity index (χ2n) is 5.38. The fraction of sp³-hybridized carbons (Fsp3) is 0.188. The average Bonchev–Trinajstić information content (AvgIpc) is 2.63. The van der Waals surface area contributed by atoms with Crippen LogP contribution >= 0.6 is 0 Å². The molecule has 5 nitrogen and oxygen atoms in total. The van der Waals surface area contributed by atoms with Crippen LogP contribution in [0.5, 0.6) is 0 Å². The molecule has 2 amide bonds. The summed E-state index contributed by atoms with van der Waals surface area (Å²) in [5.74, 6) is -2.14. The normalized spacial score (nSPS) is 13.0. The number of anilines is 2. The van der Waals surface area contributed by atoms with E-state index in [1.165, 1.54) is 23.1 Å². The van der Waals surface area contributed by atoms with Gasteiger partial charge in [0.2, 0.25) is 0 Å². The van der Waals surface area contributed by atoms with Crippen molar-refractivity contribution in [2.24, 2.45) is 0 Å². The zero-order chi connectivity index (χ0) is 16.7. The van der Waals surface area contributed by atoms with E-state index in [1.807, 2.05) is 6.07 Å². The van der Waals surface area contributed by atoms with Crippen molar-refractivity contribution in [2.75, 3.05) is 10.2 Å². The van der Waals surface area contributed by atoms with Crippen LogP contribution in [0, 0.1) is 23.0 Å². The Morgan fingerprint density at radius 3 is 2.74 bits per heavy atom. The van der Waals surface area contributed by atoms with E-state index in [2.05, 4.69) is 10.3 Å². The van der Waals surface area contributed by atoms with Gasteiger partial charge in [-0.2, -0.15) is 5.26 Å². The number of rotatable bonds is 1. The van der Waals surface area contributed by atoms with Crippen LogP contribution in [0.3, 0.4) is 0 Å². The van der Waals surface area contributed by atoms with Crippen LogP contribution in [-0.2, 0) is 0 Å². The van der Waals surface area contributed by atoms with Crippen LogP contribution in [0.1, 0.15) is 19.4 Å². The number of benzene rings is 1.